The average Bonchev–Trinajstić information content (AvgIpc) is 3.11. The lowest BCUT2D eigenvalue weighted by Gasteiger charge is -2.45. The minimum Gasteiger partial charge on any atom is -0.349 e. The van der Waals surface area contributed by atoms with Crippen molar-refractivity contribution in [1.29, 1.82) is 0 Å². The highest BCUT2D eigenvalue weighted by Gasteiger charge is 2.46. The van der Waals surface area contributed by atoms with Gasteiger partial charge in [0.1, 0.15) is 17.5 Å². The fourth-order valence-electron chi connectivity index (χ4n) is 5.70. The van der Waals surface area contributed by atoms with Crippen molar-refractivity contribution in [2.24, 2.45) is 0 Å². The maximum absolute atomic E-state index is 15.1. The zero-order valence-electron chi connectivity index (χ0n) is 20.1. The van der Waals surface area contributed by atoms with E-state index in [1.165, 1.54) is 4.57 Å². The molecule has 0 aliphatic carbocycles. The predicted molar refractivity (Wildman–Crippen MR) is 142 cm³/mol. The number of aryl methyl sites for hydroxylation is 1. The average molecular weight is 589 g/mol. The van der Waals surface area contributed by atoms with E-state index in [1.807, 2.05) is 4.90 Å². The molecule has 0 spiro atoms. The topological polar surface area (TPSA) is 50.2 Å². The van der Waals surface area contributed by atoms with Crippen LogP contribution in [0.2, 0.25) is 5.02 Å². The number of aromatic nitrogens is 2. The minimum absolute atomic E-state index is 0.0733. The van der Waals surface area contributed by atoms with E-state index in [4.69, 9.17) is 11.6 Å². The summed E-state index contributed by atoms with van der Waals surface area (Å²) in [6.07, 6.45) is -4.37. The van der Waals surface area contributed by atoms with Gasteiger partial charge in [-0.2, -0.15) is 29.9 Å². The van der Waals surface area contributed by atoms with Crippen molar-refractivity contribution in [3.63, 3.8) is 0 Å². The molecule has 2 unspecified atom stereocenters. The molecule has 202 valence electrons. The third kappa shape index (κ3) is 4.10. The Morgan fingerprint density at radius 2 is 1.97 bits per heavy atom. The Labute approximate surface area is 228 Å². The fourth-order valence-corrected chi connectivity index (χ4v) is 8.67. The Morgan fingerprint density at radius 1 is 1.18 bits per heavy atom. The second-order valence-corrected chi connectivity index (χ2v) is 12.5. The van der Waals surface area contributed by atoms with E-state index >= 15 is 4.39 Å². The van der Waals surface area contributed by atoms with E-state index in [2.05, 4.69) is 17.2 Å². The molecule has 1 N–H and O–H groups in total. The zero-order chi connectivity index (χ0) is 27.0. The molecule has 3 aliphatic rings. The monoisotopic (exact) mass is 588 g/mol. The molecule has 2 aromatic carbocycles. The number of nitrogens with zero attached hydrogens (tertiary/aromatic N) is 3. The van der Waals surface area contributed by atoms with Gasteiger partial charge in [0, 0.05) is 64.2 Å². The summed E-state index contributed by atoms with van der Waals surface area (Å²) in [6.45, 7) is 3.40. The highest BCUT2D eigenvalue weighted by Crippen LogP contribution is 2.49. The van der Waals surface area contributed by atoms with Gasteiger partial charge in [0.15, 0.2) is 0 Å². The van der Waals surface area contributed by atoms with Crippen LogP contribution in [0.1, 0.15) is 18.9 Å². The number of halogens is 6. The van der Waals surface area contributed by atoms with Crippen molar-refractivity contribution in [3.8, 4) is 11.1 Å². The van der Waals surface area contributed by atoms with Gasteiger partial charge >= 0.3 is 11.9 Å². The van der Waals surface area contributed by atoms with Gasteiger partial charge in [-0.15, -0.1) is 11.8 Å². The standard InChI is InChI=1S/C25H22ClF5N4OS2/c1-24-11-37-10-18(24)34(5-3-32-24)22-13-7-14(25(29,30)31)19(12-8-15(26)17(28)9-16(12)27)21-20(13)35(23(36)33-22)4-2-6-38-21/h7-9,18,32H,2-6,10-11H2,1H3. The summed E-state index contributed by atoms with van der Waals surface area (Å²) < 4.78 is 74.5. The van der Waals surface area contributed by atoms with Gasteiger partial charge in [-0.1, -0.05) is 11.6 Å². The first-order chi connectivity index (χ1) is 18.0. The molecule has 38 heavy (non-hydrogen) atoms. The smallest absolute Gasteiger partial charge is 0.349 e. The van der Waals surface area contributed by atoms with Gasteiger partial charge in [-0.05, 0) is 31.2 Å². The van der Waals surface area contributed by atoms with Crippen LogP contribution in [0.25, 0.3) is 22.0 Å². The summed E-state index contributed by atoms with van der Waals surface area (Å²) in [4.78, 5) is 19.8. The lowest BCUT2D eigenvalue weighted by molar-refractivity contribution is -0.137. The second-order valence-electron chi connectivity index (χ2n) is 9.91. The molecule has 13 heteroatoms. The van der Waals surface area contributed by atoms with Crippen LogP contribution in [0.15, 0.2) is 27.9 Å². The lowest BCUT2D eigenvalue weighted by Crippen LogP contribution is -2.65. The number of fused-ring (bicyclic) bond motifs is 1. The molecule has 1 aromatic heterocycles. The molecule has 3 aliphatic heterocycles. The molecule has 2 saturated heterocycles. The summed E-state index contributed by atoms with van der Waals surface area (Å²) in [7, 11) is 0. The molecule has 0 amide bonds. The number of benzene rings is 2. The zero-order valence-corrected chi connectivity index (χ0v) is 22.5. The Kier molecular flexibility index (Phi) is 6.40. The number of piperazine rings is 1. The summed E-state index contributed by atoms with van der Waals surface area (Å²) in [5, 5.41) is 3.22. The van der Waals surface area contributed by atoms with Crippen LogP contribution in [-0.4, -0.2) is 51.5 Å². The van der Waals surface area contributed by atoms with Crippen molar-refractivity contribution in [1.82, 2.24) is 14.9 Å². The van der Waals surface area contributed by atoms with Crippen LogP contribution in [0.4, 0.5) is 27.8 Å². The maximum Gasteiger partial charge on any atom is 0.417 e. The van der Waals surface area contributed by atoms with Crippen LogP contribution in [0.3, 0.4) is 0 Å². The number of hydrogen-bond acceptors (Lipinski definition) is 6. The summed E-state index contributed by atoms with van der Waals surface area (Å²) in [5.41, 5.74) is -2.54. The van der Waals surface area contributed by atoms with Crippen LogP contribution in [0.5, 0.6) is 0 Å². The van der Waals surface area contributed by atoms with Crippen LogP contribution < -0.4 is 15.9 Å². The van der Waals surface area contributed by atoms with Gasteiger partial charge < -0.3 is 10.2 Å². The van der Waals surface area contributed by atoms with E-state index in [-0.39, 0.29) is 39.7 Å². The lowest BCUT2D eigenvalue weighted by atomic mass is 9.91. The van der Waals surface area contributed by atoms with Crippen LogP contribution in [0, 0.1) is 11.6 Å². The Bertz CT molecular complexity index is 1530. The van der Waals surface area contributed by atoms with Gasteiger partial charge in [-0.3, -0.25) is 4.57 Å². The SMILES string of the molecule is CC12CSCC1N(c1nc(=O)n3c4c(c(-c5cc(Cl)c(F)cc5F)c(C(F)(F)F)cc14)SCCC3)CCN2. The van der Waals surface area contributed by atoms with Crippen molar-refractivity contribution in [2.45, 2.75) is 42.5 Å². The summed E-state index contributed by atoms with van der Waals surface area (Å²) in [5.74, 6) is -0.0585. The molecule has 0 radical (unpaired) electrons. The molecule has 2 atom stereocenters. The summed E-state index contributed by atoms with van der Waals surface area (Å²) in [6, 6.07) is 2.26. The second kappa shape index (κ2) is 9.28. The number of nitrogens with one attached hydrogen (secondary N) is 1. The van der Waals surface area contributed by atoms with Crippen molar-refractivity contribution >= 4 is 51.8 Å². The molecule has 2 fully saturated rings. The molecular weight excluding hydrogens is 567 g/mol. The first kappa shape index (κ1) is 26.2. The first-order valence-corrected chi connectivity index (χ1v) is 14.6. The molecule has 5 nitrogen and oxygen atoms in total. The Balaban J connectivity index is 1.72. The van der Waals surface area contributed by atoms with Crippen molar-refractivity contribution < 1.29 is 22.0 Å². The third-order valence-electron chi connectivity index (χ3n) is 7.50. The van der Waals surface area contributed by atoms with E-state index in [1.54, 1.807) is 11.8 Å². The number of thioether (sulfide) groups is 2. The molecule has 3 aromatic rings. The van der Waals surface area contributed by atoms with Crippen LogP contribution >= 0.6 is 35.1 Å². The van der Waals surface area contributed by atoms with E-state index in [0.717, 1.165) is 35.4 Å². The largest absolute Gasteiger partial charge is 0.417 e. The number of anilines is 1. The van der Waals surface area contributed by atoms with E-state index in [9.17, 15) is 22.4 Å². The van der Waals surface area contributed by atoms with Gasteiger partial charge in [0.2, 0.25) is 0 Å². The Hall–Kier alpha value is -2.02. The number of rotatable bonds is 2. The maximum atomic E-state index is 15.1. The highest BCUT2D eigenvalue weighted by atomic mass is 35.5. The number of alkyl halides is 3. The van der Waals surface area contributed by atoms with Crippen molar-refractivity contribution in [2.75, 3.05) is 35.2 Å². The quantitative estimate of drug-likeness (QED) is 0.302. The fraction of sp³-hybridized carbons (Fsp3) is 0.440. The molecular formula is C25H22ClF5N4OS2. The minimum atomic E-state index is -4.88. The summed E-state index contributed by atoms with van der Waals surface area (Å²) >= 11 is 8.77. The normalized spacial score (nSPS) is 23.6. The molecule has 6 rings (SSSR count). The van der Waals surface area contributed by atoms with E-state index in [0.29, 0.717) is 31.3 Å². The molecule has 0 bridgehead atoms. The van der Waals surface area contributed by atoms with Gasteiger partial charge in [0.05, 0.1) is 22.1 Å². The third-order valence-corrected chi connectivity index (χ3v) is 10.3. The van der Waals surface area contributed by atoms with E-state index < -0.39 is 45.2 Å². The first-order valence-electron chi connectivity index (χ1n) is 12.1. The van der Waals surface area contributed by atoms with Crippen LogP contribution in [-0.2, 0) is 12.7 Å². The molecule has 0 saturated carbocycles. The Morgan fingerprint density at radius 3 is 2.74 bits per heavy atom. The van der Waals surface area contributed by atoms with Gasteiger partial charge in [0.25, 0.3) is 0 Å². The number of hydrogen-bond donors (Lipinski definition) is 1. The van der Waals surface area contributed by atoms with Gasteiger partial charge in [-0.25, -0.2) is 13.6 Å². The predicted octanol–water partition coefficient (Wildman–Crippen LogP) is 5.79. The highest BCUT2D eigenvalue weighted by molar-refractivity contribution is 7.99. The van der Waals surface area contributed by atoms with Crippen molar-refractivity contribution in [3.05, 3.63) is 50.9 Å². The molecule has 4 heterocycles.